The van der Waals surface area contributed by atoms with Gasteiger partial charge in [0.15, 0.2) is 0 Å². The van der Waals surface area contributed by atoms with Gasteiger partial charge < -0.3 is 10.4 Å². The zero-order valence-corrected chi connectivity index (χ0v) is 10.5. The number of aliphatic hydroxyl groups excluding tert-OH is 1. The minimum Gasteiger partial charge on any atom is -0.396 e. The molecule has 82 valence electrons. The van der Waals surface area contributed by atoms with Crippen LogP contribution in [-0.4, -0.2) is 29.1 Å². The van der Waals surface area contributed by atoms with Crippen LogP contribution >= 0.6 is 27.7 Å². The highest BCUT2D eigenvalue weighted by atomic mass is 79.9. The van der Waals surface area contributed by atoms with Crippen LogP contribution < -0.4 is 5.32 Å². The number of rotatable bonds is 5. The lowest BCUT2D eigenvalue weighted by Crippen LogP contribution is -2.14. The van der Waals surface area contributed by atoms with Crippen molar-refractivity contribution in [1.29, 1.82) is 0 Å². The lowest BCUT2D eigenvalue weighted by Gasteiger charge is -2.04. The summed E-state index contributed by atoms with van der Waals surface area (Å²) in [5, 5.41) is 11.3. The largest absolute Gasteiger partial charge is 0.396 e. The summed E-state index contributed by atoms with van der Waals surface area (Å²) < 4.78 is 0.982. The van der Waals surface area contributed by atoms with E-state index in [0.29, 0.717) is 11.5 Å². The highest BCUT2D eigenvalue weighted by Gasteiger charge is 2.01. The Kier molecular flexibility index (Phi) is 5.75. The van der Waals surface area contributed by atoms with Crippen molar-refractivity contribution < 1.29 is 9.90 Å². The maximum absolute atomic E-state index is 11.3. The number of hydrogen-bond donors (Lipinski definition) is 2. The molecule has 1 rings (SSSR count). The molecular weight excluding hydrogens is 278 g/mol. The predicted molar refractivity (Wildman–Crippen MR) is 67.2 cm³/mol. The first-order valence-electron chi connectivity index (χ1n) is 4.46. The van der Waals surface area contributed by atoms with Gasteiger partial charge in [-0.1, -0.05) is 15.9 Å². The highest BCUT2D eigenvalue weighted by Crippen LogP contribution is 2.14. The normalized spacial score (nSPS) is 10.0. The maximum atomic E-state index is 11.3. The van der Waals surface area contributed by atoms with Crippen LogP contribution in [0.15, 0.2) is 28.7 Å². The Bertz CT molecular complexity index is 316. The molecule has 0 bridgehead atoms. The molecule has 5 heteroatoms. The van der Waals surface area contributed by atoms with Gasteiger partial charge >= 0.3 is 0 Å². The summed E-state index contributed by atoms with van der Waals surface area (Å²) in [5.41, 5.74) is 0.785. The van der Waals surface area contributed by atoms with Crippen LogP contribution in [0.2, 0.25) is 0 Å². The van der Waals surface area contributed by atoms with E-state index in [1.807, 2.05) is 24.3 Å². The van der Waals surface area contributed by atoms with Crippen molar-refractivity contribution >= 4 is 39.3 Å². The third kappa shape index (κ3) is 5.20. The number of anilines is 1. The van der Waals surface area contributed by atoms with Crippen LogP contribution in [0.3, 0.4) is 0 Å². The summed E-state index contributed by atoms with van der Waals surface area (Å²) >= 11 is 4.73. The van der Waals surface area contributed by atoms with Gasteiger partial charge in [0.25, 0.3) is 0 Å². The molecule has 15 heavy (non-hydrogen) atoms. The Balaban J connectivity index is 2.34. The fraction of sp³-hybridized carbons (Fsp3) is 0.300. The molecule has 0 aliphatic carbocycles. The Labute approximate surface area is 101 Å². The van der Waals surface area contributed by atoms with Crippen LogP contribution in [0.5, 0.6) is 0 Å². The van der Waals surface area contributed by atoms with Crippen molar-refractivity contribution in [3.05, 3.63) is 28.7 Å². The fourth-order valence-corrected chi connectivity index (χ4v) is 1.76. The second-order valence-corrected chi connectivity index (χ2v) is 4.85. The molecule has 0 fully saturated rings. The van der Waals surface area contributed by atoms with Crippen LogP contribution in [-0.2, 0) is 4.79 Å². The molecule has 3 nitrogen and oxygen atoms in total. The van der Waals surface area contributed by atoms with Crippen LogP contribution in [0.25, 0.3) is 0 Å². The number of benzene rings is 1. The molecule has 0 aromatic heterocycles. The van der Waals surface area contributed by atoms with Gasteiger partial charge in [-0.25, -0.2) is 0 Å². The summed E-state index contributed by atoms with van der Waals surface area (Å²) in [6.45, 7) is 0.107. The number of nitrogens with one attached hydrogen (secondary N) is 1. The number of carbonyl (C=O) groups is 1. The average Bonchev–Trinajstić information content (AvgIpc) is 2.22. The summed E-state index contributed by atoms with van der Waals surface area (Å²) in [5.74, 6) is 0.917. The Morgan fingerprint density at radius 2 is 2.07 bits per heavy atom. The molecule has 1 aromatic rings. The van der Waals surface area contributed by atoms with Crippen molar-refractivity contribution in [1.82, 2.24) is 0 Å². The van der Waals surface area contributed by atoms with E-state index in [1.54, 1.807) is 0 Å². The maximum Gasteiger partial charge on any atom is 0.234 e. The van der Waals surface area contributed by atoms with Gasteiger partial charge in [-0.3, -0.25) is 4.79 Å². The lowest BCUT2D eigenvalue weighted by molar-refractivity contribution is -0.113. The summed E-state index contributed by atoms with van der Waals surface area (Å²) in [4.78, 5) is 11.3. The van der Waals surface area contributed by atoms with E-state index in [-0.39, 0.29) is 12.5 Å². The van der Waals surface area contributed by atoms with Crippen LogP contribution in [0.1, 0.15) is 0 Å². The molecular formula is C10H12BrNO2S. The number of carbonyl (C=O) groups excluding carboxylic acids is 1. The van der Waals surface area contributed by atoms with Gasteiger partial charge in [0.05, 0.1) is 12.4 Å². The number of thioether (sulfide) groups is 1. The van der Waals surface area contributed by atoms with Crippen LogP contribution in [0.4, 0.5) is 5.69 Å². The highest BCUT2D eigenvalue weighted by molar-refractivity contribution is 9.10. The third-order valence-corrected chi connectivity index (χ3v) is 3.06. The smallest absolute Gasteiger partial charge is 0.234 e. The molecule has 0 unspecified atom stereocenters. The Morgan fingerprint density at radius 3 is 2.67 bits per heavy atom. The molecule has 1 amide bonds. The van der Waals surface area contributed by atoms with Gasteiger partial charge in [0.1, 0.15) is 0 Å². The van der Waals surface area contributed by atoms with E-state index in [0.717, 1.165) is 10.2 Å². The van der Waals surface area contributed by atoms with E-state index in [4.69, 9.17) is 5.11 Å². The van der Waals surface area contributed by atoms with E-state index in [2.05, 4.69) is 21.2 Å². The zero-order valence-electron chi connectivity index (χ0n) is 8.07. The first kappa shape index (κ1) is 12.5. The molecule has 0 spiro atoms. The summed E-state index contributed by atoms with van der Waals surface area (Å²) in [6, 6.07) is 7.41. The van der Waals surface area contributed by atoms with Gasteiger partial charge in [-0.2, -0.15) is 0 Å². The number of aliphatic hydroxyl groups is 1. The van der Waals surface area contributed by atoms with Gasteiger partial charge in [-0.05, 0) is 24.3 Å². The number of amides is 1. The topological polar surface area (TPSA) is 49.3 Å². The zero-order chi connectivity index (χ0) is 11.1. The molecule has 0 saturated carbocycles. The predicted octanol–water partition coefficient (Wildman–Crippen LogP) is 2.11. The van der Waals surface area contributed by atoms with E-state index in [9.17, 15) is 4.79 Å². The van der Waals surface area contributed by atoms with Crippen LogP contribution in [0, 0.1) is 0 Å². The molecule has 2 N–H and O–H groups in total. The van der Waals surface area contributed by atoms with Crippen molar-refractivity contribution in [2.75, 3.05) is 23.4 Å². The van der Waals surface area contributed by atoms with Gasteiger partial charge in [0.2, 0.25) is 5.91 Å². The van der Waals surface area contributed by atoms with Crippen molar-refractivity contribution in [3.8, 4) is 0 Å². The summed E-state index contributed by atoms with van der Waals surface area (Å²) in [7, 11) is 0. The van der Waals surface area contributed by atoms with Crippen molar-refractivity contribution in [2.24, 2.45) is 0 Å². The summed E-state index contributed by atoms with van der Waals surface area (Å²) in [6.07, 6.45) is 0. The average molecular weight is 290 g/mol. The van der Waals surface area contributed by atoms with E-state index < -0.39 is 0 Å². The molecule has 0 aliphatic rings. The monoisotopic (exact) mass is 289 g/mol. The standard InChI is InChI=1S/C10H12BrNO2S/c11-8-1-3-9(4-2-8)12-10(14)7-15-6-5-13/h1-4,13H,5-7H2,(H,12,14). The van der Waals surface area contributed by atoms with Gasteiger partial charge in [0, 0.05) is 15.9 Å². The fourth-order valence-electron chi connectivity index (χ4n) is 0.960. The molecule has 0 radical (unpaired) electrons. The minimum absolute atomic E-state index is 0.0456. The minimum atomic E-state index is -0.0456. The molecule has 0 saturated heterocycles. The number of hydrogen-bond acceptors (Lipinski definition) is 3. The molecule has 0 atom stereocenters. The molecule has 1 aromatic carbocycles. The first-order chi connectivity index (χ1) is 7.22. The quantitative estimate of drug-likeness (QED) is 0.817. The second-order valence-electron chi connectivity index (χ2n) is 2.83. The number of halogens is 1. The third-order valence-electron chi connectivity index (χ3n) is 1.60. The second kappa shape index (κ2) is 6.87. The molecule has 0 heterocycles. The van der Waals surface area contributed by atoms with Crippen molar-refractivity contribution in [3.63, 3.8) is 0 Å². The van der Waals surface area contributed by atoms with E-state index in [1.165, 1.54) is 11.8 Å². The van der Waals surface area contributed by atoms with E-state index >= 15 is 0 Å². The van der Waals surface area contributed by atoms with Crippen molar-refractivity contribution in [2.45, 2.75) is 0 Å². The SMILES string of the molecule is O=C(CSCCO)Nc1ccc(Br)cc1. The Morgan fingerprint density at radius 1 is 1.40 bits per heavy atom. The molecule has 0 aliphatic heterocycles. The lowest BCUT2D eigenvalue weighted by atomic mass is 10.3. The van der Waals surface area contributed by atoms with Gasteiger partial charge in [-0.15, -0.1) is 11.8 Å². The first-order valence-corrected chi connectivity index (χ1v) is 6.41. The Hall–Kier alpha value is -0.520.